The molecule has 2 rings (SSSR count). The first-order valence-electron chi connectivity index (χ1n) is 7.32. The van der Waals surface area contributed by atoms with Gasteiger partial charge in [0.2, 0.25) is 0 Å². The molecular formula is C14H10N4O8S2. The molecule has 0 aliphatic carbocycles. The Morgan fingerprint density at radius 3 is 1.25 bits per heavy atom. The molecule has 0 unspecified atom stereocenters. The van der Waals surface area contributed by atoms with Gasteiger partial charge in [-0.25, -0.2) is 0 Å². The third-order valence-corrected chi connectivity index (χ3v) is 5.69. The van der Waals surface area contributed by atoms with Crippen molar-refractivity contribution in [1.29, 1.82) is 0 Å². The molecule has 28 heavy (non-hydrogen) atoms. The molecule has 2 aromatic rings. The fraction of sp³-hybridized carbons (Fsp3) is 0.143. The first-order chi connectivity index (χ1) is 13.2. The van der Waals surface area contributed by atoms with Gasteiger partial charge >= 0.3 is 0 Å². The Morgan fingerprint density at radius 2 is 0.964 bits per heavy atom. The van der Waals surface area contributed by atoms with Crippen molar-refractivity contribution < 1.29 is 19.7 Å². The maximum absolute atomic E-state index is 11.1. The molecule has 14 heteroatoms. The van der Waals surface area contributed by atoms with Crippen LogP contribution in [0.5, 0.6) is 0 Å². The summed E-state index contributed by atoms with van der Waals surface area (Å²) in [7, 11) is 0. The number of nitrogens with zero attached hydrogens (tertiary/aromatic N) is 4. The Labute approximate surface area is 164 Å². The SMILES string of the molecule is O=[N+]([O-])c1ccc(SCCSc2ccc([N+](=O)[O-])cc2[N+](=O)[O-])c([N+](=O)[O-])c1. The maximum atomic E-state index is 11.1. The van der Waals surface area contributed by atoms with E-state index in [0.29, 0.717) is 11.5 Å². The van der Waals surface area contributed by atoms with Gasteiger partial charge in [0, 0.05) is 23.6 Å². The molecule has 0 saturated heterocycles. The summed E-state index contributed by atoms with van der Waals surface area (Å²) in [5, 5.41) is 43.6. The highest BCUT2D eigenvalue weighted by Crippen LogP contribution is 2.35. The van der Waals surface area contributed by atoms with Crippen LogP contribution in [0, 0.1) is 40.5 Å². The molecule has 0 aliphatic heterocycles. The Hall–Kier alpha value is -3.26. The maximum Gasteiger partial charge on any atom is 0.289 e. The average Bonchev–Trinajstić information content (AvgIpc) is 2.64. The zero-order valence-electron chi connectivity index (χ0n) is 13.7. The lowest BCUT2D eigenvalue weighted by atomic mass is 10.3. The number of hydrogen-bond acceptors (Lipinski definition) is 10. The molecule has 0 aromatic heterocycles. The Bertz CT molecular complexity index is 891. The molecule has 0 radical (unpaired) electrons. The molecule has 0 fully saturated rings. The van der Waals surface area contributed by atoms with E-state index in [9.17, 15) is 40.5 Å². The van der Waals surface area contributed by atoms with E-state index in [1.165, 1.54) is 12.1 Å². The molecule has 0 heterocycles. The van der Waals surface area contributed by atoms with Crippen LogP contribution in [0.15, 0.2) is 46.2 Å². The molecule has 0 saturated carbocycles. The summed E-state index contributed by atoms with van der Waals surface area (Å²) in [6.07, 6.45) is 0. The zero-order chi connectivity index (χ0) is 20.8. The monoisotopic (exact) mass is 426 g/mol. The number of nitro benzene ring substituents is 4. The minimum Gasteiger partial charge on any atom is -0.258 e. The van der Waals surface area contributed by atoms with Crippen molar-refractivity contribution >= 4 is 46.3 Å². The molecule has 2 aromatic carbocycles. The number of non-ortho nitro benzene ring substituents is 2. The Morgan fingerprint density at radius 1 is 0.607 bits per heavy atom. The van der Waals surface area contributed by atoms with E-state index in [-0.39, 0.29) is 9.79 Å². The van der Waals surface area contributed by atoms with E-state index >= 15 is 0 Å². The van der Waals surface area contributed by atoms with Crippen LogP contribution in [-0.4, -0.2) is 31.2 Å². The van der Waals surface area contributed by atoms with Gasteiger partial charge in [-0.3, -0.25) is 40.5 Å². The smallest absolute Gasteiger partial charge is 0.258 e. The molecule has 0 amide bonds. The lowest BCUT2D eigenvalue weighted by molar-refractivity contribution is -0.396. The van der Waals surface area contributed by atoms with Gasteiger partial charge in [0.15, 0.2) is 0 Å². The highest BCUT2D eigenvalue weighted by Gasteiger charge is 2.21. The van der Waals surface area contributed by atoms with E-state index in [1.54, 1.807) is 0 Å². The summed E-state index contributed by atoms with van der Waals surface area (Å²) in [4.78, 5) is 41.2. The second-order valence-corrected chi connectivity index (χ2v) is 7.30. The standard InChI is InChI=1S/C14H10N4O8S2/c19-15(20)9-1-3-13(11(7-9)17(23)24)27-5-6-28-14-4-2-10(16(21)22)8-12(14)18(25)26/h1-4,7-8H,5-6H2. The van der Waals surface area contributed by atoms with Crippen LogP contribution in [0.3, 0.4) is 0 Å². The first kappa shape index (κ1) is 21.0. The third kappa shape index (κ3) is 5.14. The van der Waals surface area contributed by atoms with Crippen molar-refractivity contribution in [2.45, 2.75) is 9.79 Å². The van der Waals surface area contributed by atoms with Crippen LogP contribution >= 0.6 is 23.5 Å². The van der Waals surface area contributed by atoms with Crippen LogP contribution < -0.4 is 0 Å². The Balaban J connectivity index is 2.07. The molecular weight excluding hydrogens is 416 g/mol. The summed E-state index contributed by atoms with van der Waals surface area (Å²) >= 11 is 2.15. The van der Waals surface area contributed by atoms with Gasteiger partial charge in [0.1, 0.15) is 0 Å². The number of thioether (sulfide) groups is 2. The van der Waals surface area contributed by atoms with E-state index in [4.69, 9.17) is 0 Å². The first-order valence-corrected chi connectivity index (χ1v) is 9.29. The quantitative estimate of drug-likeness (QED) is 0.244. The summed E-state index contributed by atoms with van der Waals surface area (Å²) in [5.41, 5.74) is -1.59. The molecule has 0 spiro atoms. The van der Waals surface area contributed by atoms with E-state index in [0.717, 1.165) is 47.8 Å². The van der Waals surface area contributed by atoms with Crippen LogP contribution in [0.25, 0.3) is 0 Å². The molecule has 0 aliphatic rings. The fourth-order valence-corrected chi connectivity index (χ4v) is 4.07. The highest BCUT2D eigenvalue weighted by atomic mass is 32.2. The normalized spacial score (nSPS) is 10.4. The van der Waals surface area contributed by atoms with E-state index in [1.807, 2.05) is 0 Å². The second-order valence-electron chi connectivity index (χ2n) is 5.03. The lowest BCUT2D eigenvalue weighted by Crippen LogP contribution is -1.96. The van der Waals surface area contributed by atoms with Gasteiger partial charge in [0.05, 0.1) is 41.6 Å². The Kier molecular flexibility index (Phi) is 6.84. The topological polar surface area (TPSA) is 173 Å². The van der Waals surface area contributed by atoms with Gasteiger partial charge in [0.25, 0.3) is 22.7 Å². The number of benzene rings is 2. The summed E-state index contributed by atoms with van der Waals surface area (Å²) in [6.45, 7) is 0. The van der Waals surface area contributed by atoms with Crippen LogP contribution in [-0.2, 0) is 0 Å². The molecule has 0 atom stereocenters. The van der Waals surface area contributed by atoms with Crippen LogP contribution in [0.1, 0.15) is 0 Å². The lowest BCUT2D eigenvalue weighted by Gasteiger charge is -2.04. The van der Waals surface area contributed by atoms with Gasteiger partial charge in [-0.2, -0.15) is 0 Å². The molecule has 12 nitrogen and oxygen atoms in total. The van der Waals surface area contributed by atoms with E-state index < -0.39 is 42.4 Å². The number of hydrogen-bond donors (Lipinski definition) is 0. The van der Waals surface area contributed by atoms with Crippen molar-refractivity contribution in [2.24, 2.45) is 0 Å². The molecule has 146 valence electrons. The predicted molar refractivity (Wildman–Crippen MR) is 101 cm³/mol. The van der Waals surface area contributed by atoms with E-state index in [2.05, 4.69) is 0 Å². The average molecular weight is 426 g/mol. The van der Waals surface area contributed by atoms with Gasteiger partial charge in [-0.05, 0) is 12.1 Å². The van der Waals surface area contributed by atoms with Crippen molar-refractivity contribution in [3.63, 3.8) is 0 Å². The fourth-order valence-electron chi connectivity index (χ4n) is 2.07. The van der Waals surface area contributed by atoms with Gasteiger partial charge in [-0.15, -0.1) is 23.5 Å². The van der Waals surface area contributed by atoms with Gasteiger partial charge < -0.3 is 0 Å². The minimum atomic E-state index is -0.731. The predicted octanol–water partition coefficient (Wildman–Crippen LogP) is 4.20. The number of rotatable bonds is 9. The zero-order valence-corrected chi connectivity index (χ0v) is 15.4. The van der Waals surface area contributed by atoms with Crippen molar-refractivity contribution in [3.05, 3.63) is 76.9 Å². The van der Waals surface area contributed by atoms with Crippen LogP contribution in [0.2, 0.25) is 0 Å². The van der Waals surface area contributed by atoms with Gasteiger partial charge in [-0.1, -0.05) is 0 Å². The minimum absolute atomic E-state index is 0.231. The summed E-state index contributed by atoms with van der Waals surface area (Å²) in [5.74, 6) is 0.634. The third-order valence-electron chi connectivity index (χ3n) is 3.30. The molecule has 0 N–H and O–H groups in total. The van der Waals surface area contributed by atoms with Crippen molar-refractivity contribution in [3.8, 4) is 0 Å². The van der Waals surface area contributed by atoms with Crippen molar-refractivity contribution in [1.82, 2.24) is 0 Å². The largest absolute Gasteiger partial charge is 0.289 e. The van der Waals surface area contributed by atoms with Crippen molar-refractivity contribution in [2.75, 3.05) is 11.5 Å². The van der Waals surface area contributed by atoms with Crippen LogP contribution in [0.4, 0.5) is 22.7 Å². The molecule has 0 bridgehead atoms. The summed E-state index contributed by atoms with van der Waals surface area (Å²) in [6, 6.07) is 6.61. The number of nitro groups is 4. The highest BCUT2D eigenvalue weighted by molar-refractivity contribution is 8.03. The summed E-state index contributed by atoms with van der Waals surface area (Å²) < 4.78 is 0. The second kappa shape index (κ2) is 9.09.